The minimum absolute atomic E-state index is 0.108. The van der Waals surface area contributed by atoms with E-state index in [1.165, 1.54) is 6.92 Å². The molecule has 1 saturated heterocycles. The molecule has 1 unspecified atom stereocenters. The summed E-state index contributed by atoms with van der Waals surface area (Å²) in [6.07, 6.45) is -5.04. The van der Waals surface area contributed by atoms with E-state index in [1.807, 2.05) is 18.2 Å². The van der Waals surface area contributed by atoms with Crippen LogP contribution in [0.15, 0.2) is 22.7 Å². The number of rotatable bonds is 5. The zero-order valence-electron chi connectivity index (χ0n) is 15.7. The minimum Gasteiger partial charge on any atom is -0.495 e. The van der Waals surface area contributed by atoms with E-state index >= 15 is 0 Å². The molecule has 6 nitrogen and oxygen atoms in total. The van der Waals surface area contributed by atoms with Crippen molar-refractivity contribution >= 4 is 39.5 Å². The van der Waals surface area contributed by atoms with Gasteiger partial charge in [0, 0.05) is 37.9 Å². The molecule has 2 heterocycles. The van der Waals surface area contributed by atoms with Gasteiger partial charge in [-0.1, -0.05) is 11.6 Å². The molecule has 0 amide bonds. The lowest BCUT2D eigenvalue weighted by Gasteiger charge is -2.38. The number of alkyl halides is 3. The van der Waals surface area contributed by atoms with Gasteiger partial charge in [-0.15, -0.1) is 0 Å². The number of hydrogen-bond acceptors (Lipinski definition) is 5. The number of benzene rings is 1. The van der Waals surface area contributed by atoms with E-state index in [-0.39, 0.29) is 5.69 Å². The van der Waals surface area contributed by atoms with Crippen LogP contribution in [0.3, 0.4) is 0 Å². The molecule has 158 valence electrons. The van der Waals surface area contributed by atoms with Gasteiger partial charge in [0.15, 0.2) is 18.1 Å². The summed E-state index contributed by atoms with van der Waals surface area (Å²) in [6.45, 7) is 3.55. The largest absolute Gasteiger partial charge is 0.495 e. The van der Waals surface area contributed by atoms with Crippen molar-refractivity contribution in [3.05, 3.63) is 39.1 Å². The van der Waals surface area contributed by atoms with E-state index in [2.05, 4.69) is 25.9 Å². The predicted octanol–water partition coefficient (Wildman–Crippen LogP) is 4.15. The van der Waals surface area contributed by atoms with Gasteiger partial charge >= 0.3 is 6.18 Å². The number of ether oxygens (including phenoxy) is 1. The topological polar surface area (TPSA) is 50.6 Å². The molecule has 29 heavy (non-hydrogen) atoms. The summed E-state index contributed by atoms with van der Waals surface area (Å²) in [6, 6.07) is 5.75. The second kappa shape index (κ2) is 8.53. The van der Waals surface area contributed by atoms with Crippen molar-refractivity contribution in [1.29, 1.82) is 0 Å². The average Bonchev–Trinajstić information content (AvgIpc) is 2.99. The van der Waals surface area contributed by atoms with Crippen LogP contribution in [0.5, 0.6) is 5.75 Å². The Morgan fingerprint density at radius 3 is 2.45 bits per heavy atom. The molecule has 1 aromatic heterocycles. The van der Waals surface area contributed by atoms with Crippen molar-refractivity contribution in [2.45, 2.75) is 19.3 Å². The van der Waals surface area contributed by atoms with Crippen LogP contribution < -0.4 is 9.64 Å². The third-order valence-corrected chi connectivity index (χ3v) is 6.01. The van der Waals surface area contributed by atoms with Crippen LogP contribution >= 0.6 is 27.5 Å². The standard InChI is InChI=1S/C18H19BrClF3N4O2/c1-11-16(20)17(18(21,22)23)24-27(11)15(10-28)26-7-5-25(6-8-26)12-3-4-13(19)14(9-12)29-2/h3-4,9-10,15H,5-8H2,1-2H3. The van der Waals surface area contributed by atoms with Gasteiger partial charge in [0.25, 0.3) is 0 Å². The quantitative estimate of drug-likeness (QED) is 0.583. The Balaban J connectivity index is 1.77. The highest BCUT2D eigenvalue weighted by molar-refractivity contribution is 9.10. The third-order valence-electron chi connectivity index (χ3n) is 4.91. The van der Waals surface area contributed by atoms with Crippen molar-refractivity contribution in [3.63, 3.8) is 0 Å². The molecule has 0 aliphatic carbocycles. The fourth-order valence-corrected chi connectivity index (χ4v) is 3.97. The summed E-state index contributed by atoms with van der Waals surface area (Å²) in [4.78, 5) is 15.6. The number of piperazine rings is 1. The van der Waals surface area contributed by atoms with Crippen LogP contribution in [0.1, 0.15) is 17.6 Å². The van der Waals surface area contributed by atoms with Gasteiger partial charge in [0.05, 0.1) is 22.3 Å². The number of anilines is 1. The number of methoxy groups -OCH3 is 1. The first-order chi connectivity index (χ1) is 13.7. The van der Waals surface area contributed by atoms with Crippen molar-refractivity contribution in [2.24, 2.45) is 0 Å². The Hall–Kier alpha value is -1.78. The number of halogens is 5. The van der Waals surface area contributed by atoms with Crippen molar-refractivity contribution < 1.29 is 22.7 Å². The summed E-state index contributed by atoms with van der Waals surface area (Å²) in [5.41, 5.74) is -0.106. The lowest BCUT2D eigenvalue weighted by molar-refractivity contribution is -0.142. The van der Waals surface area contributed by atoms with Crippen LogP contribution in [-0.4, -0.2) is 54.3 Å². The molecule has 2 aromatic rings. The molecule has 0 spiro atoms. The molecule has 0 radical (unpaired) electrons. The maximum absolute atomic E-state index is 13.1. The van der Waals surface area contributed by atoms with E-state index in [0.717, 1.165) is 14.8 Å². The summed E-state index contributed by atoms with van der Waals surface area (Å²) < 4.78 is 46.5. The predicted molar refractivity (Wildman–Crippen MR) is 107 cm³/mol. The Morgan fingerprint density at radius 2 is 1.93 bits per heavy atom. The van der Waals surface area contributed by atoms with Crippen LogP contribution in [0.25, 0.3) is 0 Å². The fourth-order valence-electron chi connectivity index (χ4n) is 3.33. The highest BCUT2D eigenvalue weighted by atomic mass is 79.9. The maximum atomic E-state index is 13.1. The summed E-state index contributed by atoms with van der Waals surface area (Å²) in [7, 11) is 1.59. The van der Waals surface area contributed by atoms with Crippen molar-refractivity contribution in [1.82, 2.24) is 14.7 Å². The minimum atomic E-state index is -4.68. The van der Waals surface area contributed by atoms with Gasteiger partial charge in [0.2, 0.25) is 0 Å². The van der Waals surface area contributed by atoms with Crippen molar-refractivity contribution in [3.8, 4) is 5.75 Å². The Morgan fingerprint density at radius 1 is 1.28 bits per heavy atom. The molecular weight excluding hydrogens is 477 g/mol. The molecule has 1 aromatic carbocycles. The number of aldehydes is 1. The molecule has 1 aliphatic heterocycles. The van der Waals surface area contributed by atoms with Gasteiger partial charge in [0.1, 0.15) is 5.75 Å². The average molecular weight is 496 g/mol. The normalized spacial score (nSPS) is 16.7. The Kier molecular flexibility index (Phi) is 6.45. The molecule has 3 rings (SSSR count). The molecule has 0 N–H and O–H groups in total. The molecule has 0 saturated carbocycles. The number of nitrogens with zero attached hydrogens (tertiary/aromatic N) is 4. The molecule has 1 atom stereocenters. The van der Waals surface area contributed by atoms with Gasteiger partial charge in [-0.2, -0.15) is 18.3 Å². The summed E-state index contributed by atoms with van der Waals surface area (Å²) >= 11 is 9.24. The van der Waals surface area contributed by atoms with E-state index < -0.39 is 23.1 Å². The number of hydrogen-bond donors (Lipinski definition) is 0. The van der Waals surface area contributed by atoms with Gasteiger partial charge in [-0.25, -0.2) is 4.68 Å². The zero-order valence-corrected chi connectivity index (χ0v) is 18.1. The maximum Gasteiger partial charge on any atom is 0.436 e. The number of carbonyl (C=O) groups excluding carboxylic acids is 1. The Bertz CT molecular complexity index is 898. The molecule has 1 aliphatic rings. The van der Waals surface area contributed by atoms with Crippen LogP contribution in [0.2, 0.25) is 5.02 Å². The van der Waals surface area contributed by atoms with Gasteiger partial charge in [-0.05, 0) is 35.0 Å². The first kappa shape index (κ1) is 21.9. The third kappa shape index (κ3) is 4.39. The Labute approximate surface area is 179 Å². The lowest BCUT2D eigenvalue weighted by Crippen LogP contribution is -2.49. The lowest BCUT2D eigenvalue weighted by atomic mass is 10.2. The summed E-state index contributed by atoms with van der Waals surface area (Å²) in [5.74, 6) is 0.706. The second-order valence-corrected chi connectivity index (χ2v) is 7.81. The highest BCUT2D eigenvalue weighted by Crippen LogP contribution is 2.36. The number of aromatic nitrogens is 2. The van der Waals surface area contributed by atoms with Gasteiger partial charge < -0.3 is 9.64 Å². The van der Waals surface area contributed by atoms with E-state index in [0.29, 0.717) is 38.2 Å². The number of carbonyl (C=O) groups is 1. The zero-order chi connectivity index (χ0) is 21.3. The van der Waals surface area contributed by atoms with E-state index in [9.17, 15) is 18.0 Å². The fraction of sp³-hybridized carbons (Fsp3) is 0.444. The molecule has 1 fully saturated rings. The molecule has 0 bridgehead atoms. The van der Waals surface area contributed by atoms with E-state index in [1.54, 1.807) is 12.0 Å². The smallest absolute Gasteiger partial charge is 0.436 e. The SMILES string of the molecule is COc1cc(N2CCN(C(C=O)n3nc(C(F)(F)F)c(Cl)c3C)CC2)ccc1Br. The first-order valence-corrected chi connectivity index (χ1v) is 9.94. The highest BCUT2D eigenvalue weighted by Gasteiger charge is 2.39. The van der Waals surface area contributed by atoms with Crippen LogP contribution in [0, 0.1) is 6.92 Å². The molecular formula is C18H19BrClF3N4O2. The first-order valence-electron chi connectivity index (χ1n) is 8.77. The monoisotopic (exact) mass is 494 g/mol. The molecule has 11 heteroatoms. The van der Waals surface area contributed by atoms with Crippen LogP contribution in [-0.2, 0) is 11.0 Å². The van der Waals surface area contributed by atoms with E-state index in [4.69, 9.17) is 16.3 Å². The van der Waals surface area contributed by atoms with Gasteiger partial charge in [-0.3, -0.25) is 9.69 Å². The second-order valence-electron chi connectivity index (χ2n) is 6.58. The van der Waals surface area contributed by atoms with Crippen molar-refractivity contribution in [2.75, 3.05) is 38.2 Å². The van der Waals surface area contributed by atoms with Crippen LogP contribution in [0.4, 0.5) is 18.9 Å². The summed E-state index contributed by atoms with van der Waals surface area (Å²) in [5, 5.41) is 3.11.